The molecule has 4 rings (SSSR count). The second-order valence-electron chi connectivity index (χ2n) is 7.95. The summed E-state index contributed by atoms with van der Waals surface area (Å²) in [5, 5.41) is 3.69. The SMILES string of the molecule is Cc1cc(F)ccc1CCCN[C@H]1CC[C@H](c2ccc3[nH]c(=O)oc3c2)CC1. The zero-order chi connectivity index (χ0) is 19.5. The number of aromatic amines is 1. The van der Waals surface area contributed by atoms with E-state index < -0.39 is 5.76 Å². The van der Waals surface area contributed by atoms with E-state index >= 15 is 0 Å². The minimum absolute atomic E-state index is 0.158. The van der Waals surface area contributed by atoms with Crippen molar-refractivity contribution >= 4 is 11.1 Å². The van der Waals surface area contributed by atoms with E-state index in [0.29, 0.717) is 17.5 Å². The minimum atomic E-state index is -0.393. The van der Waals surface area contributed by atoms with Crippen molar-refractivity contribution in [2.75, 3.05) is 6.54 Å². The summed E-state index contributed by atoms with van der Waals surface area (Å²) in [6.07, 6.45) is 6.67. The van der Waals surface area contributed by atoms with E-state index in [1.165, 1.54) is 11.1 Å². The molecule has 0 aliphatic heterocycles. The lowest BCUT2D eigenvalue weighted by molar-refractivity contribution is 0.342. The maximum Gasteiger partial charge on any atom is 0.417 e. The number of benzene rings is 2. The van der Waals surface area contributed by atoms with Gasteiger partial charge in [0.05, 0.1) is 5.52 Å². The summed E-state index contributed by atoms with van der Waals surface area (Å²) < 4.78 is 18.4. The number of rotatable bonds is 6. The second kappa shape index (κ2) is 8.31. The molecule has 0 radical (unpaired) electrons. The molecule has 5 heteroatoms. The number of nitrogens with one attached hydrogen (secondary N) is 2. The molecule has 148 valence electrons. The van der Waals surface area contributed by atoms with Crippen LogP contribution in [0.5, 0.6) is 0 Å². The lowest BCUT2D eigenvalue weighted by atomic mass is 9.81. The topological polar surface area (TPSA) is 58.0 Å². The Morgan fingerprint density at radius 3 is 2.75 bits per heavy atom. The van der Waals surface area contributed by atoms with Crippen LogP contribution in [0.1, 0.15) is 54.7 Å². The van der Waals surface area contributed by atoms with Crippen molar-refractivity contribution in [1.82, 2.24) is 10.3 Å². The number of hydrogen-bond acceptors (Lipinski definition) is 3. The first-order chi connectivity index (χ1) is 13.6. The predicted octanol–water partition coefficient (Wildman–Crippen LogP) is 4.82. The van der Waals surface area contributed by atoms with Crippen LogP contribution in [-0.2, 0) is 6.42 Å². The van der Waals surface area contributed by atoms with Crippen LogP contribution in [0.25, 0.3) is 11.1 Å². The number of oxazole rings is 1. The molecule has 28 heavy (non-hydrogen) atoms. The zero-order valence-electron chi connectivity index (χ0n) is 16.3. The number of hydrogen-bond donors (Lipinski definition) is 2. The van der Waals surface area contributed by atoms with Crippen molar-refractivity contribution < 1.29 is 8.81 Å². The van der Waals surface area contributed by atoms with Crippen molar-refractivity contribution in [3.63, 3.8) is 0 Å². The number of fused-ring (bicyclic) bond motifs is 1. The molecule has 0 spiro atoms. The van der Waals surface area contributed by atoms with Crippen molar-refractivity contribution in [2.24, 2.45) is 0 Å². The molecule has 0 atom stereocenters. The van der Waals surface area contributed by atoms with Crippen LogP contribution in [0.15, 0.2) is 45.6 Å². The quantitative estimate of drug-likeness (QED) is 0.601. The van der Waals surface area contributed by atoms with Crippen LogP contribution in [0.2, 0.25) is 0 Å². The van der Waals surface area contributed by atoms with E-state index in [9.17, 15) is 9.18 Å². The van der Waals surface area contributed by atoms with Crippen molar-refractivity contribution in [2.45, 2.75) is 57.4 Å². The summed E-state index contributed by atoms with van der Waals surface area (Å²) in [7, 11) is 0. The maximum absolute atomic E-state index is 13.2. The average molecular weight is 382 g/mol. The van der Waals surface area contributed by atoms with Gasteiger partial charge in [-0.1, -0.05) is 12.1 Å². The Bertz CT molecular complexity index is 999. The fourth-order valence-corrected chi connectivity index (χ4v) is 4.37. The second-order valence-corrected chi connectivity index (χ2v) is 7.95. The highest BCUT2D eigenvalue weighted by molar-refractivity contribution is 5.72. The Morgan fingerprint density at radius 1 is 1.14 bits per heavy atom. The highest BCUT2D eigenvalue weighted by Crippen LogP contribution is 2.34. The summed E-state index contributed by atoms with van der Waals surface area (Å²) in [6.45, 7) is 2.97. The first kappa shape index (κ1) is 18.9. The molecule has 1 fully saturated rings. The lowest BCUT2D eigenvalue weighted by Gasteiger charge is -2.29. The van der Waals surface area contributed by atoms with E-state index in [4.69, 9.17) is 4.42 Å². The molecule has 1 aliphatic carbocycles. The molecule has 1 aromatic heterocycles. The van der Waals surface area contributed by atoms with Crippen LogP contribution in [0.3, 0.4) is 0 Å². The van der Waals surface area contributed by atoms with Crippen LogP contribution in [0, 0.1) is 12.7 Å². The fraction of sp³-hybridized carbons (Fsp3) is 0.435. The van der Waals surface area contributed by atoms with Crippen molar-refractivity contribution in [1.29, 1.82) is 0 Å². The first-order valence-corrected chi connectivity index (χ1v) is 10.2. The van der Waals surface area contributed by atoms with Crippen molar-refractivity contribution in [3.8, 4) is 0 Å². The largest absolute Gasteiger partial charge is 0.417 e. The van der Waals surface area contributed by atoms with E-state index in [0.717, 1.165) is 56.1 Å². The molecule has 2 aromatic carbocycles. The van der Waals surface area contributed by atoms with Gasteiger partial charge in [0.25, 0.3) is 0 Å². The van der Waals surface area contributed by atoms with Gasteiger partial charge in [-0.05, 0) is 98.9 Å². The predicted molar refractivity (Wildman–Crippen MR) is 109 cm³/mol. The minimum Gasteiger partial charge on any atom is -0.408 e. The van der Waals surface area contributed by atoms with E-state index in [-0.39, 0.29) is 5.82 Å². The number of halogens is 1. The fourth-order valence-electron chi connectivity index (χ4n) is 4.37. The third-order valence-electron chi connectivity index (χ3n) is 6.00. The van der Waals surface area contributed by atoms with Gasteiger partial charge in [-0.25, -0.2) is 9.18 Å². The van der Waals surface area contributed by atoms with Crippen LogP contribution >= 0.6 is 0 Å². The molecule has 2 N–H and O–H groups in total. The Morgan fingerprint density at radius 2 is 1.96 bits per heavy atom. The maximum atomic E-state index is 13.2. The van der Waals surface area contributed by atoms with E-state index in [2.05, 4.69) is 16.4 Å². The normalized spacial score (nSPS) is 19.9. The molecule has 0 unspecified atom stereocenters. The molecule has 3 aromatic rings. The Kier molecular flexibility index (Phi) is 5.62. The van der Waals surface area contributed by atoms with Crippen LogP contribution in [-0.4, -0.2) is 17.6 Å². The van der Waals surface area contributed by atoms with Crippen LogP contribution < -0.4 is 11.1 Å². The molecule has 0 saturated heterocycles. The third kappa shape index (κ3) is 4.36. The zero-order valence-corrected chi connectivity index (χ0v) is 16.3. The van der Waals surface area contributed by atoms with Crippen LogP contribution in [0.4, 0.5) is 4.39 Å². The number of H-pyrrole nitrogens is 1. The van der Waals surface area contributed by atoms with Gasteiger partial charge in [0.1, 0.15) is 5.82 Å². The Balaban J connectivity index is 1.23. The molecular formula is C23H27FN2O2. The highest BCUT2D eigenvalue weighted by atomic mass is 19.1. The third-order valence-corrected chi connectivity index (χ3v) is 6.00. The smallest absolute Gasteiger partial charge is 0.408 e. The summed E-state index contributed by atoms with van der Waals surface area (Å²) in [5.74, 6) is -0.0191. The van der Waals surface area contributed by atoms with Gasteiger partial charge < -0.3 is 9.73 Å². The number of aromatic nitrogens is 1. The Hall–Kier alpha value is -2.40. The summed E-state index contributed by atoms with van der Waals surface area (Å²) >= 11 is 0. The van der Waals surface area contributed by atoms with Gasteiger partial charge in [0, 0.05) is 6.04 Å². The number of aryl methyl sites for hydroxylation is 2. The standard InChI is InChI=1S/C23H27FN2O2/c1-15-13-19(24)8-4-16(15)3-2-12-25-20-9-5-17(6-10-20)18-7-11-21-22(14-18)28-23(27)26-21/h4,7-8,11,13-14,17,20,25H,2-3,5-6,9-10,12H2,1H3,(H,26,27)/t17-,20-. The van der Waals surface area contributed by atoms with Gasteiger partial charge in [0.2, 0.25) is 0 Å². The van der Waals surface area contributed by atoms with Gasteiger partial charge in [-0.15, -0.1) is 0 Å². The molecule has 0 bridgehead atoms. The Labute approximate surface area is 164 Å². The summed E-state index contributed by atoms with van der Waals surface area (Å²) in [4.78, 5) is 14.0. The molecular weight excluding hydrogens is 355 g/mol. The molecule has 1 saturated carbocycles. The first-order valence-electron chi connectivity index (χ1n) is 10.2. The van der Waals surface area contributed by atoms with E-state index in [1.54, 1.807) is 12.1 Å². The van der Waals surface area contributed by atoms with Gasteiger partial charge in [-0.2, -0.15) is 0 Å². The van der Waals surface area contributed by atoms with Crippen molar-refractivity contribution in [3.05, 3.63) is 69.5 Å². The van der Waals surface area contributed by atoms with Gasteiger partial charge >= 0.3 is 5.76 Å². The molecule has 4 nitrogen and oxygen atoms in total. The molecule has 1 heterocycles. The summed E-state index contributed by atoms with van der Waals surface area (Å²) in [5.41, 5.74) is 4.95. The molecule has 0 amide bonds. The molecule has 1 aliphatic rings. The van der Waals surface area contributed by atoms with Gasteiger partial charge in [0.15, 0.2) is 5.58 Å². The lowest BCUT2D eigenvalue weighted by Crippen LogP contribution is -2.33. The highest BCUT2D eigenvalue weighted by Gasteiger charge is 2.22. The van der Waals surface area contributed by atoms with Gasteiger partial charge in [-0.3, -0.25) is 4.98 Å². The summed E-state index contributed by atoms with van der Waals surface area (Å²) in [6, 6.07) is 11.7. The monoisotopic (exact) mass is 382 g/mol. The average Bonchev–Trinajstić information content (AvgIpc) is 3.06. The van der Waals surface area contributed by atoms with E-state index in [1.807, 2.05) is 25.1 Å².